The third-order valence-electron chi connectivity index (χ3n) is 4.81. The maximum absolute atomic E-state index is 10.3. The fraction of sp³-hybridized carbons (Fsp3) is 0.409. The van der Waals surface area contributed by atoms with E-state index in [1.54, 1.807) is 0 Å². The van der Waals surface area contributed by atoms with Gasteiger partial charge in [0.2, 0.25) is 0 Å². The second-order valence-electron chi connectivity index (χ2n) is 6.90. The summed E-state index contributed by atoms with van der Waals surface area (Å²) in [6, 6.07) is 18.2. The molecule has 3 rings (SSSR count). The third kappa shape index (κ3) is 5.36. The number of nitrogens with zero attached hydrogens (tertiary/aromatic N) is 2. The smallest absolute Gasteiger partial charge is 0.117 e. The molecule has 5 heteroatoms. The molecule has 144 valence electrons. The van der Waals surface area contributed by atoms with Gasteiger partial charge in [-0.15, -0.1) is 0 Å². The average molecular weight is 385 g/mol. The number of hydrogen-bond acceptors (Lipinski definition) is 4. The average Bonchev–Trinajstić information content (AvgIpc) is 3.07. The molecule has 2 aromatic carbocycles. The lowest BCUT2D eigenvalue weighted by atomic mass is 10.0. The van der Waals surface area contributed by atoms with Gasteiger partial charge in [0.05, 0.1) is 23.4 Å². The molecule has 0 aliphatic carbocycles. The van der Waals surface area contributed by atoms with Crippen LogP contribution in [0, 0.1) is 0 Å². The van der Waals surface area contributed by atoms with Crippen LogP contribution in [0.15, 0.2) is 54.6 Å². The highest BCUT2D eigenvalue weighted by atomic mass is 32.1. The van der Waals surface area contributed by atoms with Crippen molar-refractivity contribution in [2.45, 2.75) is 45.3 Å². The van der Waals surface area contributed by atoms with E-state index in [1.165, 1.54) is 0 Å². The summed E-state index contributed by atoms with van der Waals surface area (Å²) in [5, 5.41) is 14.5. The first-order valence-electron chi connectivity index (χ1n) is 9.66. The molecule has 1 atom stereocenters. The quantitative estimate of drug-likeness (QED) is 0.626. The second-order valence-corrected chi connectivity index (χ2v) is 7.37. The van der Waals surface area contributed by atoms with Crippen molar-refractivity contribution in [1.29, 1.82) is 0 Å². The Morgan fingerprint density at radius 2 is 1.85 bits per heavy atom. The van der Waals surface area contributed by atoms with E-state index in [4.69, 9.17) is 17.0 Å². The molecule has 2 aromatic rings. The van der Waals surface area contributed by atoms with Crippen molar-refractivity contribution in [2.24, 2.45) is 0 Å². The summed E-state index contributed by atoms with van der Waals surface area (Å²) in [4.78, 5) is 0.901. The number of hydrogen-bond donors (Lipinski definition) is 1. The number of ether oxygens (including phenoxy) is 1. The van der Waals surface area contributed by atoms with Crippen molar-refractivity contribution in [3.05, 3.63) is 65.7 Å². The Balaban J connectivity index is 1.60. The number of rotatable bonds is 9. The van der Waals surface area contributed by atoms with E-state index in [9.17, 15) is 5.11 Å². The van der Waals surface area contributed by atoms with Crippen LogP contribution in [0.1, 0.15) is 49.8 Å². The van der Waals surface area contributed by atoms with Gasteiger partial charge < -0.3 is 9.84 Å². The van der Waals surface area contributed by atoms with Gasteiger partial charge in [-0.2, -0.15) is 5.01 Å². The summed E-state index contributed by atoms with van der Waals surface area (Å²) in [6.07, 6.45) is 3.39. The van der Waals surface area contributed by atoms with E-state index in [1.807, 2.05) is 42.5 Å². The lowest BCUT2D eigenvalue weighted by Crippen LogP contribution is -2.40. The summed E-state index contributed by atoms with van der Waals surface area (Å²) < 4.78 is 5.89. The Morgan fingerprint density at radius 1 is 1.11 bits per heavy atom. The van der Waals surface area contributed by atoms with Crippen LogP contribution in [0.25, 0.3) is 0 Å². The van der Waals surface area contributed by atoms with Gasteiger partial charge in [-0.25, -0.2) is 0 Å². The Labute approximate surface area is 167 Å². The molecule has 1 aliphatic heterocycles. The van der Waals surface area contributed by atoms with Crippen molar-refractivity contribution in [3.8, 4) is 0 Å². The van der Waals surface area contributed by atoms with Crippen molar-refractivity contribution < 1.29 is 9.84 Å². The van der Waals surface area contributed by atoms with Gasteiger partial charge in [-0.05, 0) is 29.7 Å². The number of unbranched alkanes of at least 4 members (excludes halogenated alkanes) is 1. The van der Waals surface area contributed by atoms with E-state index in [-0.39, 0.29) is 0 Å². The van der Waals surface area contributed by atoms with Crippen molar-refractivity contribution in [2.75, 3.05) is 18.3 Å². The number of aliphatic hydroxyl groups excluding tert-OH is 1. The van der Waals surface area contributed by atoms with Crippen LogP contribution in [-0.2, 0) is 11.3 Å². The molecule has 0 bridgehead atoms. The van der Waals surface area contributed by atoms with Crippen LogP contribution in [0.3, 0.4) is 0 Å². The summed E-state index contributed by atoms with van der Waals surface area (Å²) in [5.41, 5.74) is 3.15. The lowest BCUT2D eigenvalue weighted by molar-refractivity contribution is 0.0277. The zero-order chi connectivity index (χ0) is 19.1. The fourth-order valence-corrected chi connectivity index (χ4v) is 3.57. The Bertz CT molecular complexity index is 721. The molecule has 1 unspecified atom stereocenters. The Kier molecular flexibility index (Phi) is 7.35. The zero-order valence-corrected chi connectivity index (χ0v) is 16.7. The first-order chi connectivity index (χ1) is 13.2. The van der Waals surface area contributed by atoms with Crippen molar-refractivity contribution >= 4 is 22.9 Å². The Hall–Kier alpha value is -1.79. The summed E-state index contributed by atoms with van der Waals surface area (Å²) in [6.45, 7) is 4.07. The van der Waals surface area contributed by atoms with E-state index >= 15 is 0 Å². The molecule has 0 spiro atoms. The summed E-state index contributed by atoms with van der Waals surface area (Å²) >= 11 is 5.56. The Morgan fingerprint density at radius 3 is 2.56 bits per heavy atom. The molecule has 0 aromatic heterocycles. The van der Waals surface area contributed by atoms with E-state index < -0.39 is 6.10 Å². The van der Waals surface area contributed by atoms with Gasteiger partial charge >= 0.3 is 0 Å². The first kappa shape index (κ1) is 20.0. The molecule has 27 heavy (non-hydrogen) atoms. The number of thiocarbonyl (C=S) groups is 1. The minimum absolute atomic E-state index is 0.394. The molecule has 1 saturated heterocycles. The first-order valence-corrected chi connectivity index (χ1v) is 10.1. The van der Waals surface area contributed by atoms with E-state index in [2.05, 4.69) is 29.1 Å². The monoisotopic (exact) mass is 384 g/mol. The summed E-state index contributed by atoms with van der Waals surface area (Å²) in [7, 11) is 0. The SMILES string of the molecule is CCCCC(O)c1ccc(N2C(=S)CCN2COCc2ccccc2)cc1. The molecule has 0 radical (unpaired) electrons. The highest BCUT2D eigenvalue weighted by Crippen LogP contribution is 2.27. The normalized spacial score (nSPS) is 16.1. The maximum atomic E-state index is 10.3. The van der Waals surface area contributed by atoms with Crippen LogP contribution >= 0.6 is 12.2 Å². The van der Waals surface area contributed by atoms with Gasteiger partial charge in [0.25, 0.3) is 0 Å². The van der Waals surface area contributed by atoms with E-state index in [0.29, 0.717) is 13.3 Å². The van der Waals surface area contributed by atoms with Gasteiger partial charge in [0, 0.05) is 13.0 Å². The van der Waals surface area contributed by atoms with E-state index in [0.717, 1.165) is 54.0 Å². The largest absolute Gasteiger partial charge is 0.388 e. The van der Waals surface area contributed by atoms with Crippen LogP contribution in [0.4, 0.5) is 5.69 Å². The molecule has 0 saturated carbocycles. The number of anilines is 1. The van der Waals surface area contributed by atoms with Gasteiger partial charge in [-0.3, -0.25) is 5.01 Å². The molecule has 1 N–H and O–H groups in total. The van der Waals surface area contributed by atoms with Gasteiger partial charge in [-0.1, -0.05) is 74.4 Å². The minimum Gasteiger partial charge on any atom is -0.388 e. The second kappa shape index (κ2) is 9.95. The highest BCUT2D eigenvalue weighted by Gasteiger charge is 2.27. The molecular formula is C22H28N2O2S. The number of hydrazine groups is 1. The number of benzene rings is 2. The van der Waals surface area contributed by atoms with Gasteiger partial charge in [0.1, 0.15) is 6.73 Å². The lowest BCUT2D eigenvalue weighted by Gasteiger charge is -2.29. The molecule has 1 aliphatic rings. The third-order valence-corrected chi connectivity index (χ3v) is 5.19. The van der Waals surface area contributed by atoms with Gasteiger partial charge in [0.15, 0.2) is 0 Å². The molecule has 0 amide bonds. The molecule has 1 heterocycles. The molecule has 4 nitrogen and oxygen atoms in total. The standard InChI is InChI=1S/C22H28N2O2S/c1-2-3-9-21(25)19-10-12-20(13-11-19)24-22(27)14-15-23(24)17-26-16-18-7-5-4-6-8-18/h4-8,10-13,21,25H,2-3,9,14-17H2,1H3. The minimum atomic E-state index is -0.394. The van der Waals surface area contributed by atoms with Crippen molar-refractivity contribution in [3.63, 3.8) is 0 Å². The molecule has 1 fully saturated rings. The van der Waals surface area contributed by atoms with Crippen LogP contribution in [0.5, 0.6) is 0 Å². The number of aliphatic hydroxyl groups is 1. The topological polar surface area (TPSA) is 35.9 Å². The molecular weight excluding hydrogens is 356 g/mol. The summed E-state index contributed by atoms with van der Waals surface area (Å²) in [5.74, 6) is 0. The fourth-order valence-electron chi connectivity index (χ4n) is 3.26. The predicted molar refractivity (Wildman–Crippen MR) is 113 cm³/mol. The predicted octanol–water partition coefficient (Wildman–Crippen LogP) is 4.84. The zero-order valence-electron chi connectivity index (χ0n) is 15.9. The highest BCUT2D eigenvalue weighted by molar-refractivity contribution is 7.80. The maximum Gasteiger partial charge on any atom is 0.117 e. The van der Waals surface area contributed by atoms with Crippen molar-refractivity contribution in [1.82, 2.24) is 5.01 Å². The van der Waals surface area contributed by atoms with Crippen LogP contribution in [-0.4, -0.2) is 28.4 Å². The van der Waals surface area contributed by atoms with Crippen LogP contribution in [0.2, 0.25) is 0 Å². The van der Waals surface area contributed by atoms with Crippen LogP contribution < -0.4 is 5.01 Å².